The number of rotatable bonds is 3. The van der Waals surface area contributed by atoms with E-state index in [4.69, 9.17) is 0 Å². The van der Waals surface area contributed by atoms with Crippen LogP contribution in [0.15, 0.2) is 42.7 Å². The topological polar surface area (TPSA) is 32.3 Å². The van der Waals surface area contributed by atoms with E-state index >= 15 is 0 Å². The van der Waals surface area contributed by atoms with Crippen molar-refractivity contribution in [3.05, 3.63) is 54.0 Å². The van der Waals surface area contributed by atoms with Crippen molar-refractivity contribution in [2.75, 3.05) is 31.1 Å². The molecule has 1 fully saturated rings. The van der Waals surface area contributed by atoms with Crippen molar-refractivity contribution in [1.29, 1.82) is 0 Å². The number of aryl methyl sites for hydroxylation is 1. The Morgan fingerprint density at radius 3 is 2.45 bits per heavy atom. The van der Waals surface area contributed by atoms with Gasteiger partial charge < -0.3 is 4.90 Å². The lowest BCUT2D eigenvalue weighted by Crippen LogP contribution is -2.46. The van der Waals surface area contributed by atoms with Gasteiger partial charge in [0.1, 0.15) is 5.82 Å². The second-order valence-corrected chi connectivity index (χ2v) is 5.27. The van der Waals surface area contributed by atoms with Gasteiger partial charge in [-0.1, -0.05) is 30.3 Å². The Hall–Kier alpha value is -1.94. The third-order valence-electron chi connectivity index (χ3n) is 3.69. The number of piperazine rings is 1. The molecule has 0 aliphatic carbocycles. The van der Waals surface area contributed by atoms with Crippen LogP contribution in [0.3, 0.4) is 0 Å². The van der Waals surface area contributed by atoms with Crippen LogP contribution in [0.4, 0.5) is 5.82 Å². The second-order valence-electron chi connectivity index (χ2n) is 5.27. The van der Waals surface area contributed by atoms with E-state index in [0.717, 1.165) is 44.2 Å². The van der Waals surface area contributed by atoms with E-state index in [1.54, 1.807) is 6.20 Å². The molecule has 4 nitrogen and oxygen atoms in total. The van der Waals surface area contributed by atoms with Gasteiger partial charge in [0, 0.05) is 38.9 Å². The summed E-state index contributed by atoms with van der Waals surface area (Å²) in [5.74, 6) is 1.00. The zero-order chi connectivity index (χ0) is 13.8. The Labute approximate surface area is 120 Å². The molecular weight excluding hydrogens is 248 g/mol. The van der Waals surface area contributed by atoms with Crippen LogP contribution in [0.1, 0.15) is 11.3 Å². The molecule has 0 bridgehead atoms. The fraction of sp³-hybridized carbons (Fsp3) is 0.375. The molecule has 0 atom stereocenters. The number of hydrogen-bond acceptors (Lipinski definition) is 4. The highest BCUT2D eigenvalue weighted by Gasteiger charge is 2.18. The van der Waals surface area contributed by atoms with Crippen LogP contribution < -0.4 is 4.90 Å². The summed E-state index contributed by atoms with van der Waals surface area (Å²) in [5, 5.41) is 0. The molecule has 0 N–H and O–H groups in total. The number of nitrogens with zero attached hydrogens (tertiary/aromatic N) is 4. The molecule has 0 amide bonds. The summed E-state index contributed by atoms with van der Waals surface area (Å²) < 4.78 is 0. The molecule has 1 aliphatic heterocycles. The van der Waals surface area contributed by atoms with Gasteiger partial charge in [-0.2, -0.15) is 0 Å². The first-order chi connectivity index (χ1) is 9.81. The highest BCUT2D eigenvalue weighted by molar-refractivity contribution is 5.36. The van der Waals surface area contributed by atoms with Gasteiger partial charge in [0.25, 0.3) is 0 Å². The molecule has 1 aromatic carbocycles. The largest absolute Gasteiger partial charge is 0.353 e. The van der Waals surface area contributed by atoms with E-state index in [2.05, 4.69) is 50.1 Å². The van der Waals surface area contributed by atoms with Crippen LogP contribution in [0.25, 0.3) is 0 Å². The first kappa shape index (κ1) is 13.1. The summed E-state index contributed by atoms with van der Waals surface area (Å²) >= 11 is 0. The predicted molar refractivity (Wildman–Crippen MR) is 80.7 cm³/mol. The lowest BCUT2D eigenvalue weighted by atomic mass is 10.2. The smallest absolute Gasteiger partial charge is 0.147 e. The molecule has 4 heteroatoms. The average Bonchev–Trinajstić information content (AvgIpc) is 2.49. The van der Waals surface area contributed by atoms with E-state index in [9.17, 15) is 0 Å². The first-order valence-electron chi connectivity index (χ1n) is 7.11. The molecule has 1 aliphatic rings. The summed E-state index contributed by atoms with van der Waals surface area (Å²) in [6.07, 6.45) is 3.66. The van der Waals surface area contributed by atoms with Crippen molar-refractivity contribution in [1.82, 2.24) is 14.9 Å². The van der Waals surface area contributed by atoms with Gasteiger partial charge in [-0.3, -0.25) is 9.88 Å². The molecule has 2 aromatic rings. The van der Waals surface area contributed by atoms with Crippen molar-refractivity contribution in [3.8, 4) is 0 Å². The zero-order valence-electron chi connectivity index (χ0n) is 11.9. The Kier molecular flexibility index (Phi) is 3.92. The maximum atomic E-state index is 4.55. The van der Waals surface area contributed by atoms with Gasteiger partial charge in [0.05, 0.1) is 11.9 Å². The van der Waals surface area contributed by atoms with Crippen LogP contribution in [0.2, 0.25) is 0 Å². The summed E-state index contributed by atoms with van der Waals surface area (Å²) in [4.78, 5) is 13.6. The van der Waals surface area contributed by atoms with E-state index in [0.29, 0.717) is 0 Å². The molecule has 3 rings (SSSR count). The van der Waals surface area contributed by atoms with E-state index in [1.165, 1.54) is 5.56 Å². The van der Waals surface area contributed by atoms with Gasteiger partial charge in [0.2, 0.25) is 0 Å². The zero-order valence-corrected chi connectivity index (χ0v) is 11.9. The summed E-state index contributed by atoms with van der Waals surface area (Å²) in [6.45, 7) is 7.21. The fourth-order valence-corrected chi connectivity index (χ4v) is 2.58. The van der Waals surface area contributed by atoms with Crippen LogP contribution in [0.5, 0.6) is 0 Å². The summed E-state index contributed by atoms with van der Waals surface area (Å²) in [6, 6.07) is 10.7. The van der Waals surface area contributed by atoms with Gasteiger partial charge >= 0.3 is 0 Å². The quantitative estimate of drug-likeness (QED) is 0.853. The third-order valence-corrected chi connectivity index (χ3v) is 3.69. The lowest BCUT2D eigenvalue weighted by Gasteiger charge is -2.35. The van der Waals surface area contributed by atoms with Crippen LogP contribution >= 0.6 is 0 Å². The molecule has 0 saturated carbocycles. The molecule has 2 heterocycles. The summed E-state index contributed by atoms with van der Waals surface area (Å²) in [5.41, 5.74) is 2.37. The van der Waals surface area contributed by atoms with Gasteiger partial charge in [-0.25, -0.2) is 4.98 Å². The molecule has 0 unspecified atom stereocenters. The molecular formula is C16H20N4. The van der Waals surface area contributed by atoms with E-state index in [1.807, 2.05) is 13.1 Å². The maximum absolute atomic E-state index is 4.55. The number of anilines is 1. The highest BCUT2D eigenvalue weighted by Crippen LogP contribution is 2.14. The number of aromatic nitrogens is 2. The van der Waals surface area contributed by atoms with Gasteiger partial charge in [-0.05, 0) is 12.5 Å². The monoisotopic (exact) mass is 268 g/mol. The molecule has 0 spiro atoms. The Balaban J connectivity index is 1.57. The fourth-order valence-electron chi connectivity index (χ4n) is 2.58. The second kappa shape index (κ2) is 6.01. The SMILES string of the molecule is Cc1cncc(N2CCN(Cc3ccccc3)CC2)n1. The number of benzene rings is 1. The van der Waals surface area contributed by atoms with Crippen molar-refractivity contribution in [2.45, 2.75) is 13.5 Å². The third kappa shape index (κ3) is 3.14. The minimum absolute atomic E-state index is 0.981. The molecule has 104 valence electrons. The van der Waals surface area contributed by atoms with Gasteiger partial charge in [-0.15, -0.1) is 0 Å². The van der Waals surface area contributed by atoms with Gasteiger partial charge in [0.15, 0.2) is 0 Å². The Bertz CT molecular complexity index is 547. The first-order valence-corrected chi connectivity index (χ1v) is 7.11. The van der Waals surface area contributed by atoms with Crippen molar-refractivity contribution >= 4 is 5.82 Å². The Morgan fingerprint density at radius 2 is 1.75 bits per heavy atom. The average molecular weight is 268 g/mol. The van der Waals surface area contributed by atoms with Crippen molar-refractivity contribution in [2.24, 2.45) is 0 Å². The Morgan fingerprint density at radius 1 is 1.00 bits per heavy atom. The van der Waals surface area contributed by atoms with Crippen molar-refractivity contribution in [3.63, 3.8) is 0 Å². The highest BCUT2D eigenvalue weighted by atomic mass is 15.3. The summed E-state index contributed by atoms with van der Waals surface area (Å²) in [7, 11) is 0. The van der Waals surface area contributed by atoms with Crippen LogP contribution in [-0.2, 0) is 6.54 Å². The molecule has 1 saturated heterocycles. The lowest BCUT2D eigenvalue weighted by molar-refractivity contribution is 0.249. The minimum Gasteiger partial charge on any atom is -0.353 e. The van der Waals surface area contributed by atoms with Crippen LogP contribution in [-0.4, -0.2) is 41.0 Å². The van der Waals surface area contributed by atoms with E-state index in [-0.39, 0.29) is 0 Å². The predicted octanol–water partition coefficient (Wildman–Crippen LogP) is 2.11. The minimum atomic E-state index is 0.981. The molecule has 0 radical (unpaired) electrons. The molecule has 1 aromatic heterocycles. The number of hydrogen-bond donors (Lipinski definition) is 0. The van der Waals surface area contributed by atoms with Crippen molar-refractivity contribution < 1.29 is 0 Å². The van der Waals surface area contributed by atoms with Crippen LogP contribution in [0, 0.1) is 6.92 Å². The normalized spacial score (nSPS) is 16.4. The molecule has 20 heavy (non-hydrogen) atoms. The standard InChI is InChI=1S/C16H20N4/c1-14-11-17-12-16(18-14)20-9-7-19(8-10-20)13-15-5-3-2-4-6-15/h2-6,11-12H,7-10,13H2,1H3. The maximum Gasteiger partial charge on any atom is 0.147 e. The van der Waals surface area contributed by atoms with E-state index < -0.39 is 0 Å².